The van der Waals surface area contributed by atoms with Crippen LogP contribution in [-0.2, 0) is 14.8 Å². The number of amides is 1. The third kappa shape index (κ3) is 6.41. The lowest BCUT2D eigenvalue weighted by Crippen LogP contribution is -2.53. The molecule has 1 amide bonds. The molecule has 2 fully saturated rings. The number of benzene rings is 3. The van der Waals surface area contributed by atoms with Gasteiger partial charge in [-0.3, -0.25) is 4.79 Å². The number of halogens is 1. The van der Waals surface area contributed by atoms with Gasteiger partial charge in [0, 0.05) is 42.7 Å². The molecule has 0 radical (unpaired) electrons. The topological polar surface area (TPSA) is 78.5 Å². The van der Waals surface area contributed by atoms with Gasteiger partial charge in [0.2, 0.25) is 15.9 Å². The Labute approximate surface area is 224 Å². The third-order valence-electron chi connectivity index (χ3n) is 7.18. The lowest BCUT2D eigenvalue weighted by molar-refractivity contribution is -0.137. The molecule has 3 aromatic carbocycles. The van der Waals surface area contributed by atoms with E-state index in [0.717, 1.165) is 12.8 Å². The fourth-order valence-electron chi connectivity index (χ4n) is 5.15. The van der Waals surface area contributed by atoms with Gasteiger partial charge < -0.3 is 10.2 Å². The standard InChI is InChI=1S/C29H32ClN3O3S/c30-24-12-7-13-27(17-24)37(35,36)32-25-16-23(18-31-19-25)29(34)33(26-14-15-26)20-28(21-8-3-1-4-9-21)22-10-5-2-6-11-22/h1-13,17,23,25-26,28,31-32H,14-16,18-20H2/t23-,25+/m0/s1. The Kier molecular flexibility index (Phi) is 7.95. The number of rotatable bonds is 9. The Balaban J connectivity index is 1.32. The fourth-order valence-corrected chi connectivity index (χ4v) is 6.70. The SMILES string of the molecule is O=C([C@@H]1CNC[C@H](NS(=O)(=O)c2cccc(Cl)c2)C1)N(CC(c1ccccc1)c1ccccc1)C1CC1. The van der Waals surface area contributed by atoms with Crippen LogP contribution in [0.3, 0.4) is 0 Å². The quantitative estimate of drug-likeness (QED) is 0.423. The van der Waals surface area contributed by atoms with Gasteiger partial charge in [-0.25, -0.2) is 13.1 Å². The van der Waals surface area contributed by atoms with Crippen LogP contribution in [0.2, 0.25) is 5.02 Å². The highest BCUT2D eigenvalue weighted by atomic mass is 35.5. The van der Waals surface area contributed by atoms with Crippen molar-refractivity contribution in [2.24, 2.45) is 5.92 Å². The number of carbonyl (C=O) groups excluding carboxylic acids is 1. The molecule has 194 valence electrons. The highest BCUT2D eigenvalue weighted by Crippen LogP contribution is 2.34. The largest absolute Gasteiger partial charge is 0.338 e. The van der Waals surface area contributed by atoms with E-state index < -0.39 is 10.0 Å². The second-order valence-corrected chi connectivity index (χ2v) is 12.1. The Morgan fingerprint density at radius 1 is 0.946 bits per heavy atom. The molecule has 1 saturated carbocycles. The van der Waals surface area contributed by atoms with Crippen molar-refractivity contribution in [3.05, 3.63) is 101 Å². The molecule has 0 unspecified atom stereocenters. The molecule has 0 spiro atoms. The van der Waals surface area contributed by atoms with E-state index in [0.29, 0.717) is 31.1 Å². The number of hydrogen-bond donors (Lipinski definition) is 2. The van der Waals surface area contributed by atoms with Crippen molar-refractivity contribution in [2.45, 2.75) is 42.2 Å². The number of hydrogen-bond acceptors (Lipinski definition) is 4. The van der Waals surface area contributed by atoms with Crippen LogP contribution < -0.4 is 10.0 Å². The smallest absolute Gasteiger partial charge is 0.240 e. The molecule has 0 bridgehead atoms. The summed E-state index contributed by atoms with van der Waals surface area (Å²) in [5.41, 5.74) is 2.36. The van der Waals surface area contributed by atoms with Crippen LogP contribution in [0, 0.1) is 5.92 Å². The number of nitrogens with one attached hydrogen (secondary N) is 2. The summed E-state index contributed by atoms with van der Waals surface area (Å²) in [7, 11) is -3.75. The van der Waals surface area contributed by atoms with Gasteiger partial charge in [0.1, 0.15) is 0 Å². The van der Waals surface area contributed by atoms with E-state index >= 15 is 0 Å². The summed E-state index contributed by atoms with van der Waals surface area (Å²) in [6, 6.07) is 26.7. The summed E-state index contributed by atoms with van der Waals surface area (Å²) in [6.45, 7) is 1.62. The maximum Gasteiger partial charge on any atom is 0.240 e. The number of sulfonamides is 1. The van der Waals surface area contributed by atoms with Crippen molar-refractivity contribution in [3.8, 4) is 0 Å². The normalized spacial score (nSPS) is 20.1. The van der Waals surface area contributed by atoms with Gasteiger partial charge in [0.05, 0.1) is 10.8 Å². The van der Waals surface area contributed by atoms with Crippen LogP contribution in [-0.4, -0.2) is 50.9 Å². The van der Waals surface area contributed by atoms with E-state index in [4.69, 9.17) is 11.6 Å². The minimum Gasteiger partial charge on any atom is -0.338 e. The van der Waals surface area contributed by atoms with Gasteiger partial charge >= 0.3 is 0 Å². The average molecular weight is 538 g/mol. The van der Waals surface area contributed by atoms with E-state index in [1.807, 2.05) is 41.3 Å². The minimum absolute atomic E-state index is 0.0700. The Bertz CT molecular complexity index is 1280. The summed E-state index contributed by atoms with van der Waals surface area (Å²) in [4.78, 5) is 16.1. The highest BCUT2D eigenvalue weighted by Gasteiger charge is 2.39. The van der Waals surface area contributed by atoms with Crippen molar-refractivity contribution in [1.82, 2.24) is 14.9 Å². The van der Waals surface area contributed by atoms with Crippen molar-refractivity contribution in [2.75, 3.05) is 19.6 Å². The second kappa shape index (κ2) is 11.4. The van der Waals surface area contributed by atoms with Crippen LogP contribution in [0.5, 0.6) is 0 Å². The van der Waals surface area contributed by atoms with Crippen LogP contribution in [0.1, 0.15) is 36.3 Å². The summed E-state index contributed by atoms with van der Waals surface area (Å²) < 4.78 is 28.7. The molecule has 2 atom stereocenters. The molecule has 0 aromatic heterocycles. The van der Waals surface area contributed by atoms with E-state index in [1.165, 1.54) is 23.3 Å². The molecule has 2 aliphatic rings. The molecule has 8 heteroatoms. The molecular weight excluding hydrogens is 506 g/mol. The number of carbonyl (C=O) groups is 1. The van der Waals surface area contributed by atoms with Crippen LogP contribution >= 0.6 is 11.6 Å². The fraction of sp³-hybridized carbons (Fsp3) is 0.345. The zero-order valence-electron chi connectivity index (χ0n) is 20.6. The van der Waals surface area contributed by atoms with Crippen LogP contribution in [0.25, 0.3) is 0 Å². The van der Waals surface area contributed by atoms with Crippen molar-refractivity contribution in [3.63, 3.8) is 0 Å². The van der Waals surface area contributed by atoms with Gasteiger partial charge in [-0.2, -0.15) is 0 Å². The van der Waals surface area contributed by atoms with Crippen LogP contribution in [0.15, 0.2) is 89.8 Å². The molecule has 3 aromatic rings. The van der Waals surface area contributed by atoms with Crippen LogP contribution in [0.4, 0.5) is 0 Å². The van der Waals surface area contributed by atoms with Crippen molar-refractivity contribution >= 4 is 27.5 Å². The predicted octanol–water partition coefficient (Wildman–Crippen LogP) is 4.42. The molecule has 1 saturated heterocycles. The molecule has 2 N–H and O–H groups in total. The Hall–Kier alpha value is -2.71. The maximum absolute atomic E-state index is 13.9. The van der Waals surface area contributed by atoms with E-state index in [1.54, 1.807) is 12.1 Å². The molecule has 5 rings (SSSR count). The van der Waals surface area contributed by atoms with Crippen molar-refractivity contribution in [1.29, 1.82) is 0 Å². The van der Waals surface area contributed by atoms with Gasteiger partial charge in [0.25, 0.3) is 0 Å². The minimum atomic E-state index is -3.75. The lowest BCUT2D eigenvalue weighted by Gasteiger charge is -2.35. The zero-order chi connectivity index (χ0) is 25.8. The number of piperidine rings is 1. The first-order valence-electron chi connectivity index (χ1n) is 12.8. The lowest BCUT2D eigenvalue weighted by atomic mass is 9.89. The monoisotopic (exact) mass is 537 g/mol. The Morgan fingerprint density at radius 3 is 2.19 bits per heavy atom. The van der Waals surface area contributed by atoms with Gasteiger partial charge in [0.15, 0.2) is 0 Å². The first kappa shape index (κ1) is 25.9. The maximum atomic E-state index is 13.9. The first-order valence-corrected chi connectivity index (χ1v) is 14.7. The number of nitrogens with zero attached hydrogens (tertiary/aromatic N) is 1. The van der Waals surface area contributed by atoms with Gasteiger partial charge in [-0.15, -0.1) is 0 Å². The van der Waals surface area contributed by atoms with E-state index in [2.05, 4.69) is 34.3 Å². The summed E-state index contributed by atoms with van der Waals surface area (Å²) in [5, 5.41) is 3.65. The highest BCUT2D eigenvalue weighted by molar-refractivity contribution is 7.89. The predicted molar refractivity (Wildman–Crippen MR) is 146 cm³/mol. The Morgan fingerprint density at radius 2 is 1.59 bits per heavy atom. The molecular formula is C29H32ClN3O3S. The molecule has 1 aliphatic carbocycles. The average Bonchev–Trinajstić information content (AvgIpc) is 3.75. The van der Waals surface area contributed by atoms with E-state index in [9.17, 15) is 13.2 Å². The summed E-state index contributed by atoms with van der Waals surface area (Å²) in [5.74, 6) is -0.132. The molecule has 37 heavy (non-hydrogen) atoms. The van der Waals surface area contributed by atoms with Crippen molar-refractivity contribution < 1.29 is 13.2 Å². The summed E-state index contributed by atoms with van der Waals surface area (Å²) in [6.07, 6.45) is 2.47. The molecule has 1 aliphatic heterocycles. The van der Waals surface area contributed by atoms with Gasteiger partial charge in [-0.05, 0) is 48.6 Å². The van der Waals surface area contributed by atoms with E-state index in [-0.39, 0.29) is 34.7 Å². The van der Waals surface area contributed by atoms with Gasteiger partial charge in [-0.1, -0.05) is 78.3 Å². The molecule has 1 heterocycles. The third-order valence-corrected chi connectivity index (χ3v) is 8.94. The molecule has 6 nitrogen and oxygen atoms in total. The zero-order valence-corrected chi connectivity index (χ0v) is 22.2. The first-order chi connectivity index (χ1) is 17.9. The second-order valence-electron chi connectivity index (χ2n) is 9.96. The summed E-state index contributed by atoms with van der Waals surface area (Å²) >= 11 is 6.00.